The number of pyridine rings is 1. The normalized spacial score (nSPS) is 11.0. The van der Waals surface area contributed by atoms with Crippen LogP contribution in [0.25, 0.3) is 21.9 Å². The van der Waals surface area contributed by atoms with Crippen molar-refractivity contribution >= 4 is 28.3 Å². The first kappa shape index (κ1) is 15.9. The molecule has 6 nitrogen and oxygen atoms in total. The van der Waals surface area contributed by atoms with Crippen LogP contribution in [0.15, 0.2) is 42.9 Å². The molecule has 0 atom stereocenters. The molecule has 0 unspecified atom stereocenters. The minimum absolute atomic E-state index is 0.0609. The van der Waals surface area contributed by atoms with Crippen LogP contribution in [-0.2, 0) is 7.05 Å². The van der Waals surface area contributed by atoms with E-state index in [1.54, 1.807) is 6.20 Å². The van der Waals surface area contributed by atoms with Gasteiger partial charge in [0.15, 0.2) is 0 Å². The lowest BCUT2D eigenvalue weighted by Crippen LogP contribution is -2.34. The first-order valence-corrected chi connectivity index (χ1v) is 7.81. The van der Waals surface area contributed by atoms with Crippen molar-refractivity contribution in [3.05, 3.63) is 42.9 Å². The molecule has 2 amide bonds. The molecule has 0 saturated carbocycles. The largest absolute Gasteiger partial charge is 0.398 e. The second kappa shape index (κ2) is 6.23. The molecular formula is C18H21N5O. The number of hydrogen-bond donors (Lipinski definition) is 3. The summed E-state index contributed by atoms with van der Waals surface area (Å²) in [7, 11) is 1.98. The van der Waals surface area contributed by atoms with E-state index >= 15 is 0 Å². The van der Waals surface area contributed by atoms with E-state index in [4.69, 9.17) is 5.73 Å². The lowest BCUT2D eigenvalue weighted by atomic mass is 10.0. The van der Waals surface area contributed by atoms with Crippen LogP contribution in [0, 0.1) is 0 Å². The number of nitrogens with one attached hydrogen (secondary N) is 2. The van der Waals surface area contributed by atoms with Crippen LogP contribution in [-0.4, -0.2) is 21.6 Å². The van der Waals surface area contributed by atoms with Crippen molar-refractivity contribution in [3.63, 3.8) is 0 Å². The van der Waals surface area contributed by atoms with Crippen LogP contribution < -0.4 is 16.4 Å². The quantitative estimate of drug-likeness (QED) is 0.646. The number of carbonyl (C=O) groups is 1. The van der Waals surface area contributed by atoms with Gasteiger partial charge in [0.25, 0.3) is 0 Å². The van der Waals surface area contributed by atoms with E-state index in [9.17, 15) is 4.79 Å². The minimum Gasteiger partial charge on any atom is -0.398 e. The predicted molar refractivity (Wildman–Crippen MR) is 97.9 cm³/mol. The average Bonchev–Trinajstić information content (AvgIpc) is 2.92. The molecule has 0 radical (unpaired) electrons. The van der Waals surface area contributed by atoms with E-state index in [0.717, 1.165) is 21.9 Å². The van der Waals surface area contributed by atoms with Crippen LogP contribution in [0.5, 0.6) is 0 Å². The molecule has 2 aromatic heterocycles. The summed E-state index contributed by atoms with van der Waals surface area (Å²) in [4.78, 5) is 16.1. The van der Waals surface area contributed by atoms with Crippen molar-refractivity contribution in [1.82, 2.24) is 14.9 Å². The molecule has 3 rings (SSSR count). The third kappa shape index (κ3) is 3.32. The summed E-state index contributed by atoms with van der Waals surface area (Å²) in [5.41, 5.74) is 8.96. The van der Waals surface area contributed by atoms with Gasteiger partial charge in [0.2, 0.25) is 0 Å². The SMILES string of the molecule is CC(C)NC(=O)Nc1cc2cc(-c3ccn(C)c3)cc(N)c2cn1. The molecule has 4 N–H and O–H groups in total. The molecule has 3 aromatic rings. The number of nitrogens with two attached hydrogens (primary N) is 1. The fraction of sp³-hybridized carbons (Fsp3) is 0.222. The molecule has 0 spiro atoms. The summed E-state index contributed by atoms with van der Waals surface area (Å²) in [5.74, 6) is 0.491. The first-order chi connectivity index (χ1) is 11.4. The van der Waals surface area contributed by atoms with E-state index in [1.165, 1.54) is 0 Å². The summed E-state index contributed by atoms with van der Waals surface area (Å²) in [6, 6.07) is 7.65. The summed E-state index contributed by atoms with van der Waals surface area (Å²) in [6.07, 6.45) is 5.72. The highest BCUT2D eigenvalue weighted by molar-refractivity contribution is 5.99. The third-order valence-electron chi connectivity index (χ3n) is 3.70. The number of rotatable bonds is 3. The second-order valence-corrected chi connectivity index (χ2v) is 6.17. The van der Waals surface area contributed by atoms with Crippen molar-refractivity contribution in [3.8, 4) is 11.1 Å². The van der Waals surface area contributed by atoms with E-state index < -0.39 is 0 Å². The molecule has 0 aliphatic rings. The van der Waals surface area contributed by atoms with Gasteiger partial charge >= 0.3 is 6.03 Å². The van der Waals surface area contributed by atoms with Gasteiger partial charge in [-0.2, -0.15) is 0 Å². The molecule has 124 valence electrons. The summed E-state index contributed by atoms with van der Waals surface area (Å²) >= 11 is 0. The smallest absolute Gasteiger partial charge is 0.320 e. The van der Waals surface area contributed by atoms with Crippen molar-refractivity contribution in [2.75, 3.05) is 11.1 Å². The maximum Gasteiger partial charge on any atom is 0.320 e. The molecule has 6 heteroatoms. The fourth-order valence-electron chi connectivity index (χ4n) is 2.61. The minimum atomic E-state index is -0.274. The average molecular weight is 323 g/mol. The Labute approximate surface area is 140 Å². The Kier molecular flexibility index (Phi) is 4.12. The van der Waals surface area contributed by atoms with Crippen LogP contribution >= 0.6 is 0 Å². The molecule has 2 heterocycles. The Hall–Kier alpha value is -3.02. The van der Waals surface area contributed by atoms with Gasteiger partial charge in [0.1, 0.15) is 5.82 Å². The molecule has 1 aromatic carbocycles. The Balaban J connectivity index is 1.97. The number of nitrogens with zero attached hydrogens (tertiary/aromatic N) is 2. The number of amides is 2. The highest BCUT2D eigenvalue weighted by Gasteiger charge is 2.09. The van der Waals surface area contributed by atoms with Crippen molar-refractivity contribution in [1.29, 1.82) is 0 Å². The molecule has 0 aliphatic carbocycles. The number of hydrogen-bond acceptors (Lipinski definition) is 3. The van der Waals surface area contributed by atoms with Gasteiger partial charge in [-0.05, 0) is 54.6 Å². The van der Waals surface area contributed by atoms with Gasteiger partial charge in [-0.25, -0.2) is 9.78 Å². The van der Waals surface area contributed by atoms with E-state index in [-0.39, 0.29) is 12.1 Å². The van der Waals surface area contributed by atoms with Crippen molar-refractivity contribution in [2.45, 2.75) is 19.9 Å². The Morgan fingerprint density at radius 2 is 2.04 bits per heavy atom. The molecule has 0 saturated heterocycles. The number of benzene rings is 1. The Morgan fingerprint density at radius 1 is 1.25 bits per heavy atom. The molecular weight excluding hydrogens is 302 g/mol. The van der Waals surface area contributed by atoms with Crippen molar-refractivity contribution < 1.29 is 4.79 Å². The van der Waals surface area contributed by atoms with Gasteiger partial charge in [-0.3, -0.25) is 5.32 Å². The summed E-state index contributed by atoms with van der Waals surface area (Å²) < 4.78 is 1.99. The van der Waals surface area contributed by atoms with Gasteiger partial charge < -0.3 is 15.6 Å². The number of fused-ring (bicyclic) bond motifs is 1. The Bertz CT molecular complexity index is 898. The van der Waals surface area contributed by atoms with Crippen LogP contribution in [0.4, 0.5) is 16.3 Å². The molecule has 0 fully saturated rings. The zero-order valence-corrected chi connectivity index (χ0v) is 14.0. The van der Waals surface area contributed by atoms with E-state index in [2.05, 4.69) is 15.6 Å². The van der Waals surface area contributed by atoms with Crippen LogP contribution in [0.2, 0.25) is 0 Å². The van der Waals surface area contributed by atoms with Gasteiger partial charge in [-0.15, -0.1) is 0 Å². The second-order valence-electron chi connectivity index (χ2n) is 6.17. The number of aryl methyl sites for hydroxylation is 1. The topological polar surface area (TPSA) is 85.0 Å². The summed E-state index contributed by atoms with van der Waals surface area (Å²) in [5, 5.41) is 7.31. The highest BCUT2D eigenvalue weighted by atomic mass is 16.2. The van der Waals surface area contributed by atoms with E-state index in [1.807, 2.05) is 62.1 Å². The third-order valence-corrected chi connectivity index (χ3v) is 3.70. The van der Waals surface area contributed by atoms with Crippen LogP contribution in [0.3, 0.4) is 0 Å². The predicted octanol–water partition coefficient (Wildman–Crippen LogP) is 3.35. The summed E-state index contributed by atoms with van der Waals surface area (Å²) in [6.45, 7) is 3.81. The molecule has 0 aliphatic heterocycles. The lowest BCUT2D eigenvalue weighted by molar-refractivity contribution is 0.250. The maximum atomic E-state index is 11.8. The van der Waals surface area contributed by atoms with Crippen LogP contribution in [0.1, 0.15) is 13.8 Å². The van der Waals surface area contributed by atoms with E-state index in [0.29, 0.717) is 11.5 Å². The number of carbonyl (C=O) groups excluding carboxylic acids is 1. The molecule has 24 heavy (non-hydrogen) atoms. The number of aromatic nitrogens is 2. The number of nitrogen functional groups attached to an aromatic ring is 1. The van der Waals surface area contributed by atoms with Gasteiger partial charge in [0.05, 0.1) is 0 Å². The van der Waals surface area contributed by atoms with Gasteiger partial charge in [0, 0.05) is 42.8 Å². The lowest BCUT2D eigenvalue weighted by Gasteiger charge is -2.11. The fourth-order valence-corrected chi connectivity index (χ4v) is 2.61. The maximum absolute atomic E-state index is 11.8. The molecule has 0 bridgehead atoms. The standard InChI is InChI=1S/C18H21N5O/c1-11(2)21-18(24)22-17-8-14-6-13(12-4-5-23(3)10-12)7-16(19)15(14)9-20-17/h4-11H,19H2,1-3H3,(H2,20,21,22,24). The van der Waals surface area contributed by atoms with Gasteiger partial charge in [-0.1, -0.05) is 0 Å². The highest BCUT2D eigenvalue weighted by Crippen LogP contribution is 2.30. The number of urea groups is 1. The first-order valence-electron chi connectivity index (χ1n) is 7.81. The Morgan fingerprint density at radius 3 is 2.71 bits per heavy atom. The zero-order valence-electron chi connectivity index (χ0n) is 14.0. The zero-order chi connectivity index (χ0) is 17.3. The van der Waals surface area contributed by atoms with Crippen molar-refractivity contribution in [2.24, 2.45) is 7.05 Å². The number of anilines is 2. The monoisotopic (exact) mass is 323 g/mol.